The minimum absolute atomic E-state index is 0.00558. The molecule has 2 amide bonds. The highest BCUT2D eigenvalue weighted by molar-refractivity contribution is 6.31. The summed E-state index contributed by atoms with van der Waals surface area (Å²) in [5.74, 6) is 0.0846. The largest absolute Gasteiger partial charge is 0.375 e. The fourth-order valence-corrected chi connectivity index (χ4v) is 6.25. The Hall–Kier alpha value is -1.59. The number of likely N-dealkylation sites (tertiary alicyclic amines) is 2. The summed E-state index contributed by atoms with van der Waals surface area (Å²) in [6, 6.07) is 5.93. The molecule has 4 atom stereocenters. The average molecular weight is 417 g/mol. The van der Waals surface area contributed by atoms with Crippen LogP contribution in [0.5, 0.6) is 0 Å². The smallest absolute Gasteiger partial charge is 0.230 e. The van der Waals surface area contributed by atoms with Gasteiger partial charge in [0, 0.05) is 31.3 Å². The second kappa shape index (κ2) is 6.98. The quantitative estimate of drug-likeness (QED) is 0.743. The molecule has 0 saturated carbocycles. The van der Waals surface area contributed by atoms with Crippen molar-refractivity contribution in [2.24, 2.45) is 11.3 Å². The van der Waals surface area contributed by atoms with Gasteiger partial charge in [0.05, 0.1) is 24.0 Å². The molecule has 3 heterocycles. The highest BCUT2D eigenvalue weighted by Crippen LogP contribution is 2.42. The summed E-state index contributed by atoms with van der Waals surface area (Å²) in [5, 5.41) is 0.697. The van der Waals surface area contributed by atoms with Crippen LogP contribution < -0.4 is 0 Å². The minimum Gasteiger partial charge on any atom is -0.375 e. The summed E-state index contributed by atoms with van der Waals surface area (Å²) >= 11 is 6.46. The molecule has 29 heavy (non-hydrogen) atoms. The van der Waals surface area contributed by atoms with Gasteiger partial charge in [0.2, 0.25) is 11.8 Å². The first-order valence-electron chi connectivity index (χ1n) is 10.8. The van der Waals surface area contributed by atoms with E-state index >= 15 is 0 Å². The molecule has 3 aliphatic heterocycles. The number of benzene rings is 1. The van der Waals surface area contributed by atoms with Crippen molar-refractivity contribution < 1.29 is 14.3 Å². The number of ether oxygens (including phenoxy) is 1. The average Bonchev–Trinajstić information content (AvgIpc) is 3.32. The number of piperidine rings is 1. The third-order valence-electron chi connectivity index (χ3n) is 7.22. The third kappa shape index (κ3) is 3.17. The highest BCUT2D eigenvalue weighted by Gasteiger charge is 2.51. The van der Waals surface area contributed by atoms with E-state index in [0.29, 0.717) is 24.6 Å². The lowest BCUT2D eigenvalue weighted by atomic mass is 9.80. The van der Waals surface area contributed by atoms with Crippen molar-refractivity contribution in [3.05, 3.63) is 34.3 Å². The molecule has 5 nitrogen and oxygen atoms in total. The number of rotatable bonds is 2. The standard InChI is InChI=1S/C23H29ClN2O3/c1-23(2)12-25(13-23)21(27)16-8-10-26(18-9-11-29-20(16)18)22(28)15-7-6-14-4-3-5-17(24)19(14)15/h3-5,15-16,18,20H,6-13H2,1-2H3. The van der Waals surface area contributed by atoms with Crippen LogP contribution in [-0.4, -0.2) is 60.0 Å². The Morgan fingerprint density at radius 3 is 2.69 bits per heavy atom. The zero-order valence-corrected chi connectivity index (χ0v) is 18.0. The van der Waals surface area contributed by atoms with Crippen molar-refractivity contribution >= 4 is 23.4 Å². The van der Waals surface area contributed by atoms with E-state index in [2.05, 4.69) is 19.9 Å². The van der Waals surface area contributed by atoms with Gasteiger partial charge in [0.15, 0.2) is 0 Å². The number of hydrogen-bond donors (Lipinski definition) is 0. The van der Waals surface area contributed by atoms with Crippen LogP contribution in [0, 0.1) is 11.3 Å². The SMILES string of the molecule is CC1(C)CN(C(=O)C2CCN(C(=O)C3CCc4cccc(Cl)c43)C3CCOC23)C1. The number of carbonyl (C=O) groups excluding carboxylic acids is 2. The number of fused-ring (bicyclic) bond motifs is 2. The van der Waals surface area contributed by atoms with Crippen LogP contribution in [0.4, 0.5) is 0 Å². The van der Waals surface area contributed by atoms with E-state index < -0.39 is 0 Å². The van der Waals surface area contributed by atoms with E-state index in [4.69, 9.17) is 16.3 Å². The molecule has 156 valence electrons. The van der Waals surface area contributed by atoms with E-state index in [-0.39, 0.29) is 41.2 Å². The van der Waals surface area contributed by atoms with E-state index in [1.54, 1.807) is 0 Å². The van der Waals surface area contributed by atoms with Gasteiger partial charge in [0.1, 0.15) is 0 Å². The van der Waals surface area contributed by atoms with Crippen LogP contribution in [0.15, 0.2) is 18.2 Å². The number of hydrogen-bond acceptors (Lipinski definition) is 3. The topological polar surface area (TPSA) is 49.9 Å². The summed E-state index contributed by atoms with van der Waals surface area (Å²) < 4.78 is 6.03. The Bertz CT molecular complexity index is 847. The maximum absolute atomic E-state index is 13.5. The molecule has 0 aromatic heterocycles. The van der Waals surface area contributed by atoms with Crippen LogP contribution in [-0.2, 0) is 20.7 Å². The predicted octanol–water partition coefficient (Wildman–Crippen LogP) is 3.24. The number of aryl methyl sites for hydroxylation is 1. The predicted molar refractivity (Wildman–Crippen MR) is 111 cm³/mol. The number of nitrogens with zero attached hydrogens (tertiary/aromatic N) is 2. The van der Waals surface area contributed by atoms with Gasteiger partial charge >= 0.3 is 0 Å². The maximum atomic E-state index is 13.5. The normalized spacial score (nSPS) is 32.5. The van der Waals surface area contributed by atoms with Crippen molar-refractivity contribution in [2.45, 2.75) is 57.6 Å². The molecule has 1 aliphatic carbocycles. The summed E-state index contributed by atoms with van der Waals surface area (Å²) in [6.07, 6.45) is 3.04. The van der Waals surface area contributed by atoms with Crippen molar-refractivity contribution in [1.29, 1.82) is 0 Å². The molecule has 3 fully saturated rings. The number of carbonyl (C=O) groups is 2. The van der Waals surface area contributed by atoms with Gasteiger partial charge in [-0.3, -0.25) is 9.59 Å². The lowest BCUT2D eigenvalue weighted by molar-refractivity contribution is -0.158. The van der Waals surface area contributed by atoms with Gasteiger partial charge < -0.3 is 14.5 Å². The van der Waals surface area contributed by atoms with Gasteiger partial charge in [-0.2, -0.15) is 0 Å². The Morgan fingerprint density at radius 1 is 1.14 bits per heavy atom. The first-order valence-corrected chi connectivity index (χ1v) is 11.2. The summed E-state index contributed by atoms with van der Waals surface area (Å²) in [7, 11) is 0. The lowest BCUT2D eigenvalue weighted by Crippen LogP contribution is -2.62. The molecule has 0 spiro atoms. The van der Waals surface area contributed by atoms with Crippen LogP contribution in [0.1, 0.15) is 50.2 Å². The van der Waals surface area contributed by atoms with Gasteiger partial charge in [0.25, 0.3) is 0 Å². The van der Waals surface area contributed by atoms with Crippen molar-refractivity contribution in [3.8, 4) is 0 Å². The lowest BCUT2D eigenvalue weighted by Gasteiger charge is -2.49. The van der Waals surface area contributed by atoms with Gasteiger partial charge in [-0.05, 0) is 48.3 Å². The zero-order valence-electron chi connectivity index (χ0n) is 17.2. The Labute approximate surface area is 177 Å². The fraction of sp³-hybridized carbons (Fsp3) is 0.652. The van der Waals surface area contributed by atoms with Crippen molar-refractivity contribution in [1.82, 2.24) is 9.80 Å². The first kappa shape index (κ1) is 19.4. The van der Waals surface area contributed by atoms with E-state index in [1.807, 2.05) is 21.9 Å². The molecule has 4 aliphatic rings. The Kier molecular flexibility index (Phi) is 4.67. The molecule has 1 aromatic carbocycles. The van der Waals surface area contributed by atoms with E-state index in [1.165, 1.54) is 5.56 Å². The van der Waals surface area contributed by atoms with Gasteiger partial charge in [-0.1, -0.05) is 37.6 Å². The molecule has 0 radical (unpaired) electrons. The minimum atomic E-state index is -0.170. The van der Waals surface area contributed by atoms with Crippen molar-refractivity contribution in [3.63, 3.8) is 0 Å². The summed E-state index contributed by atoms with van der Waals surface area (Å²) in [6.45, 7) is 7.28. The van der Waals surface area contributed by atoms with Crippen LogP contribution in [0.3, 0.4) is 0 Å². The van der Waals surface area contributed by atoms with Gasteiger partial charge in [-0.15, -0.1) is 0 Å². The molecule has 0 N–H and O–H groups in total. The van der Waals surface area contributed by atoms with Crippen molar-refractivity contribution in [2.75, 3.05) is 26.2 Å². The van der Waals surface area contributed by atoms with Crippen LogP contribution in [0.2, 0.25) is 5.02 Å². The fourth-order valence-electron chi connectivity index (χ4n) is 5.92. The number of amides is 2. The Morgan fingerprint density at radius 2 is 1.93 bits per heavy atom. The second-order valence-corrected chi connectivity index (χ2v) is 10.3. The first-order chi connectivity index (χ1) is 13.9. The second-order valence-electron chi connectivity index (χ2n) is 9.88. The molecule has 0 bridgehead atoms. The van der Waals surface area contributed by atoms with E-state index in [9.17, 15) is 9.59 Å². The maximum Gasteiger partial charge on any atom is 0.230 e. The molecule has 6 heteroatoms. The number of halogens is 1. The molecular formula is C23H29ClN2O3. The molecule has 4 unspecified atom stereocenters. The molecule has 5 rings (SSSR count). The monoisotopic (exact) mass is 416 g/mol. The van der Waals surface area contributed by atoms with Gasteiger partial charge in [-0.25, -0.2) is 0 Å². The molecule has 3 saturated heterocycles. The Balaban J connectivity index is 1.33. The highest BCUT2D eigenvalue weighted by atomic mass is 35.5. The summed E-state index contributed by atoms with van der Waals surface area (Å²) in [5.41, 5.74) is 2.42. The molecular weight excluding hydrogens is 388 g/mol. The zero-order chi connectivity index (χ0) is 20.3. The van der Waals surface area contributed by atoms with E-state index in [0.717, 1.165) is 37.9 Å². The summed E-state index contributed by atoms with van der Waals surface area (Å²) in [4.78, 5) is 30.6. The third-order valence-corrected chi connectivity index (χ3v) is 7.55. The van der Waals surface area contributed by atoms with Crippen LogP contribution >= 0.6 is 11.6 Å². The molecule has 1 aromatic rings. The van der Waals surface area contributed by atoms with Crippen LogP contribution in [0.25, 0.3) is 0 Å².